The molecule has 1 heterocycles. The van der Waals surface area contributed by atoms with Crippen molar-refractivity contribution < 1.29 is 13.6 Å². The number of halogens is 2. The predicted octanol–water partition coefficient (Wildman–Crippen LogP) is 4.10. The van der Waals surface area contributed by atoms with E-state index in [4.69, 9.17) is 16.0 Å². The summed E-state index contributed by atoms with van der Waals surface area (Å²) in [5.41, 5.74) is 0.776. The van der Waals surface area contributed by atoms with Gasteiger partial charge >= 0.3 is 0 Å². The molecule has 0 spiro atoms. The van der Waals surface area contributed by atoms with Crippen LogP contribution in [0.1, 0.15) is 12.3 Å². The Bertz CT molecular complexity index is 866. The molecule has 3 rings (SSSR count). The Hall–Kier alpha value is -2.73. The van der Waals surface area contributed by atoms with Gasteiger partial charge in [0.25, 0.3) is 0 Å². The molecule has 1 amide bonds. The van der Waals surface area contributed by atoms with Crippen molar-refractivity contribution in [3.8, 4) is 11.5 Å². The number of amides is 1. The number of aromatic nitrogens is 2. The molecule has 1 aromatic heterocycles. The summed E-state index contributed by atoms with van der Waals surface area (Å²) in [5.74, 6) is -0.207. The molecule has 0 aliphatic carbocycles. The Balaban J connectivity index is 1.61. The third-order valence-electron chi connectivity index (χ3n) is 3.28. The highest BCUT2D eigenvalue weighted by molar-refractivity contribution is 6.33. The maximum atomic E-state index is 13.5. The number of hydrogen-bond acceptors (Lipinski definition) is 4. The van der Waals surface area contributed by atoms with E-state index in [1.165, 1.54) is 12.1 Å². The van der Waals surface area contributed by atoms with Gasteiger partial charge in [-0.2, -0.15) is 0 Å². The van der Waals surface area contributed by atoms with E-state index in [1.807, 2.05) is 6.07 Å². The van der Waals surface area contributed by atoms with Crippen molar-refractivity contribution in [2.45, 2.75) is 12.8 Å². The largest absolute Gasteiger partial charge is 0.421 e. The summed E-state index contributed by atoms with van der Waals surface area (Å²) in [7, 11) is 0. The van der Waals surface area contributed by atoms with Gasteiger partial charge in [0, 0.05) is 12.8 Å². The molecule has 0 atom stereocenters. The number of carbonyl (C=O) groups is 1. The highest BCUT2D eigenvalue weighted by Gasteiger charge is 2.13. The molecule has 0 saturated heterocycles. The van der Waals surface area contributed by atoms with E-state index in [2.05, 4.69) is 15.5 Å². The quantitative estimate of drug-likeness (QED) is 0.756. The average molecular weight is 346 g/mol. The number of benzene rings is 2. The van der Waals surface area contributed by atoms with Crippen LogP contribution in [0.3, 0.4) is 0 Å². The molecule has 122 valence electrons. The van der Waals surface area contributed by atoms with Gasteiger partial charge in [-0.1, -0.05) is 35.9 Å². The summed E-state index contributed by atoms with van der Waals surface area (Å²) >= 11 is 6.07. The normalized spacial score (nSPS) is 10.6. The zero-order chi connectivity index (χ0) is 16.9. The third-order valence-corrected chi connectivity index (χ3v) is 3.61. The van der Waals surface area contributed by atoms with Crippen molar-refractivity contribution in [3.05, 3.63) is 65.3 Å². The van der Waals surface area contributed by atoms with Crippen molar-refractivity contribution in [1.29, 1.82) is 0 Å². The fourth-order valence-corrected chi connectivity index (χ4v) is 2.31. The Labute approximate surface area is 142 Å². The van der Waals surface area contributed by atoms with E-state index in [0.717, 1.165) is 0 Å². The highest BCUT2D eigenvalue weighted by atomic mass is 35.5. The number of nitrogens with zero attached hydrogens (tertiary/aromatic N) is 2. The number of para-hydroxylation sites is 1. The van der Waals surface area contributed by atoms with E-state index in [0.29, 0.717) is 22.4 Å². The van der Waals surface area contributed by atoms with Crippen LogP contribution in [-0.2, 0) is 11.2 Å². The van der Waals surface area contributed by atoms with Crippen LogP contribution in [0.2, 0.25) is 5.02 Å². The van der Waals surface area contributed by atoms with Crippen molar-refractivity contribution >= 4 is 23.2 Å². The van der Waals surface area contributed by atoms with Crippen molar-refractivity contribution in [2.75, 3.05) is 5.32 Å². The Kier molecular flexibility index (Phi) is 4.86. The maximum absolute atomic E-state index is 13.5. The average Bonchev–Trinajstić information content (AvgIpc) is 3.04. The first-order valence-electron chi connectivity index (χ1n) is 7.25. The molecule has 24 heavy (non-hydrogen) atoms. The van der Waals surface area contributed by atoms with Gasteiger partial charge in [-0.25, -0.2) is 4.39 Å². The molecule has 0 bridgehead atoms. The van der Waals surface area contributed by atoms with Crippen LogP contribution >= 0.6 is 11.6 Å². The topological polar surface area (TPSA) is 68.0 Å². The maximum Gasteiger partial charge on any atom is 0.249 e. The Morgan fingerprint density at radius 1 is 1.12 bits per heavy atom. The van der Waals surface area contributed by atoms with Crippen molar-refractivity contribution in [3.63, 3.8) is 0 Å². The molecule has 0 aliphatic heterocycles. The van der Waals surface area contributed by atoms with Gasteiger partial charge in [-0.3, -0.25) is 4.79 Å². The summed E-state index contributed by atoms with van der Waals surface area (Å²) in [6.45, 7) is 0. The Morgan fingerprint density at radius 2 is 1.88 bits per heavy atom. The fourth-order valence-electron chi connectivity index (χ4n) is 2.09. The number of rotatable bonds is 5. The van der Waals surface area contributed by atoms with Crippen LogP contribution in [0, 0.1) is 5.82 Å². The molecule has 2 aromatic carbocycles. The van der Waals surface area contributed by atoms with E-state index < -0.39 is 5.82 Å². The molecule has 0 aliphatic rings. The van der Waals surface area contributed by atoms with E-state index in [1.54, 1.807) is 30.3 Å². The molecular formula is C17H13ClFN3O2. The first kappa shape index (κ1) is 16.1. The van der Waals surface area contributed by atoms with Gasteiger partial charge in [0.15, 0.2) is 0 Å². The predicted molar refractivity (Wildman–Crippen MR) is 88.1 cm³/mol. The first-order chi connectivity index (χ1) is 11.6. The van der Waals surface area contributed by atoms with Crippen molar-refractivity contribution in [2.24, 2.45) is 0 Å². The van der Waals surface area contributed by atoms with Gasteiger partial charge in [0.05, 0.1) is 16.3 Å². The van der Waals surface area contributed by atoms with Crippen LogP contribution in [0.25, 0.3) is 11.5 Å². The molecule has 0 saturated carbocycles. The highest BCUT2D eigenvalue weighted by Crippen LogP contribution is 2.26. The van der Waals surface area contributed by atoms with Gasteiger partial charge in [-0.05, 0) is 24.3 Å². The van der Waals surface area contributed by atoms with E-state index in [9.17, 15) is 9.18 Å². The zero-order valence-electron chi connectivity index (χ0n) is 12.5. The van der Waals surface area contributed by atoms with Crippen LogP contribution in [0.5, 0.6) is 0 Å². The third kappa shape index (κ3) is 3.78. The van der Waals surface area contributed by atoms with Crippen LogP contribution < -0.4 is 5.32 Å². The molecule has 5 nitrogen and oxygen atoms in total. The SMILES string of the molecule is O=C(CCc1nnc(-c2ccccc2Cl)o1)Nc1ccccc1F. The lowest BCUT2D eigenvalue weighted by atomic mass is 10.2. The lowest BCUT2D eigenvalue weighted by Crippen LogP contribution is -2.13. The molecule has 1 N–H and O–H groups in total. The monoisotopic (exact) mass is 345 g/mol. The minimum atomic E-state index is -0.482. The minimum Gasteiger partial charge on any atom is -0.421 e. The molecular weight excluding hydrogens is 333 g/mol. The van der Waals surface area contributed by atoms with E-state index >= 15 is 0 Å². The summed E-state index contributed by atoms with van der Waals surface area (Å²) < 4.78 is 19.0. The summed E-state index contributed by atoms with van der Waals surface area (Å²) in [6.07, 6.45) is 0.343. The van der Waals surface area contributed by atoms with Gasteiger partial charge in [-0.15, -0.1) is 10.2 Å². The van der Waals surface area contributed by atoms with Crippen LogP contribution in [0.15, 0.2) is 52.9 Å². The fraction of sp³-hybridized carbons (Fsp3) is 0.118. The standard InChI is InChI=1S/C17H13ClFN3O2/c18-12-6-2-1-5-11(12)17-22-21-16(24-17)10-9-15(23)20-14-8-4-3-7-13(14)19/h1-8H,9-10H2,(H,20,23). The first-order valence-corrected chi connectivity index (χ1v) is 7.63. The summed E-state index contributed by atoms with van der Waals surface area (Å²) in [5, 5.41) is 10.8. The molecule has 0 fully saturated rings. The minimum absolute atomic E-state index is 0.0957. The second kappa shape index (κ2) is 7.23. The molecule has 0 unspecified atom stereocenters. The zero-order valence-corrected chi connectivity index (χ0v) is 13.3. The van der Waals surface area contributed by atoms with Gasteiger partial charge in [0.2, 0.25) is 17.7 Å². The van der Waals surface area contributed by atoms with Crippen LogP contribution in [0.4, 0.5) is 10.1 Å². The lowest BCUT2D eigenvalue weighted by molar-refractivity contribution is -0.116. The summed E-state index contributed by atoms with van der Waals surface area (Å²) in [6, 6.07) is 13.1. The lowest BCUT2D eigenvalue weighted by Gasteiger charge is -2.04. The van der Waals surface area contributed by atoms with Crippen LogP contribution in [-0.4, -0.2) is 16.1 Å². The van der Waals surface area contributed by atoms with E-state index in [-0.39, 0.29) is 24.4 Å². The van der Waals surface area contributed by atoms with Gasteiger partial charge < -0.3 is 9.73 Å². The number of aryl methyl sites for hydroxylation is 1. The number of anilines is 1. The van der Waals surface area contributed by atoms with Gasteiger partial charge in [0.1, 0.15) is 5.82 Å². The summed E-state index contributed by atoms with van der Waals surface area (Å²) in [4.78, 5) is 11.9. The Morgan fingerprint density at radius 3 is 2.67 bits per heavy atom. The molecule has 3 aromatic rings. The molecule has 0 radical (unpaired) electrons. The second-order valence-corrected chi connectivity index (χ2v) is 5.42. The number of carbonyl (C=O) groups excluding carboxylic acids is 1. The number of nitrogens with one attached hydrogen (secondary N) is 1. The number of hydrogen-bond donors (Lipinski definition) is 1. The van der Waals surface area contributed by atoms with Crippen molar-refractivity contribution in [1.82, 2.24) is 10.2 Å². The second-order valence-electron chi connectivity index (χ2n) is 5.01. The molecule has 7 heteroatoms. The smallest absolute Gasteiger partial charge is 0.249 e.